The van der Waals surface area contributed by atoms with Gasteiger partial charge in [0.05, 0.1) is 18.5 Å². The lowest BCUT2D eigenvalue weighted by molar-refractivity contribution is 0.0996. The lowest BCUT2D eigenvalue weighted by atomic mass is 10.2. The number of nitrogens with one attached hydrogen (secondary N) is 1. The van der Waals surface area contributed by atoms with Crippen molar-refractivity contribution in [2.75, 3.05) is 18.2 Å². The number of ether oxygens (including phenoxy) is 1. The van der Waals surface area contributed by atoms with Gasteiger partial charge >= 0.3 is 6.03 Å². The van der Waals surface area contributed by atoms with E-state index in [4.69, 9.17) is 27.7 Å². The fourth-order valence-electron chi connectivity index (χ4n) is 3.12. The molecule has 0 saturated heterocycles. The number of nitrogens with two attached hydrogens (primary N) is 4. The maximum Gasteiger partial charge on any atom is 0.316 e. The Labute approximate surface area is 214 Å². The summed E-state index contributed by atoms with van der Waals surface area (Å²) in [6, 6.07) is 16.6. The Balaban J connectivity index is 0.000000202. The third-order valence-electron chi connectivity index (χ3n) is 4.68. The van der Waals surface area contributed by atoms with Gasteiger partial charge in [-0.25, -0.2) is 4.79 Å². The number of aromatic hydroxyl groups is 1. The molecular weight excluding hydrogens is 502 g/mol. The van der Waals surface area contributed by atoms with Gasteiger partial charge in [0.2, 0.25) is 0 Å². The molecule has 10 N–H and O–H groups in total. The third-order valence-corrected chi connectivity index (χ3v) is 7.10. The molecule has 12 heteroatoms. The highest BCUT2D eigenvalue weighted by molar-refractivity contribution is 7.18. The number of benzene rings is 2. The van der Waals surface area contributed by atoms with E-state index in [0.29, 0.717) is 21.0 Å². The van der Waals surface area contributed by atoms with Gasteiger partial charge in [-0.15, -0.1) is 22.7 Å². The first-order valence-corrected chi connectivity index (χ1v) is 11.8. The summed E-state index contributed by atoms with van der Waals surface area (Å²) in [6.45, 7) is 0. The minimum atomic E-state index is -0.775. The summed E-state index contributed by atoms with van der Waals surface area (Å²) < 4.78 is 5.14. The predicted octanol–water partition coefficient (Wildman–Crippen LogP) is 3.82. The van der Waals surface area contributed by atoms with Gasteiger partial charge in [0.25, 0.3) is 11.8 Å². The molecule has 36 heavy (non-hydrogen) atoms. The third kappa shape index (κ3) is 6.31. The molecule has 0 aliphatic heterocycles. The van der Waals surface area contributed by atoms with Crippen LogP contribution in [-0.2, 0) is 0 Å². The fraction of sp³-hybridized carbons (Fsp3) is 0.0417. The molecule has 10 nitrogen and oxygen atoms in total. The van der Waals surface area contributed by atoms with E-state index in [0.717, 1.165) is 27.5 Å². The van der Waals surface area contributed by atoms with E-state index in [1.54, 1.807) is 37.4 Å². The van der Waals surface area contributed by atoms with E-state index in [2.05, 4.69) is 5.32 Å². The van der Waals surface area contributed by atoms with Crippen LogP contribution in [0.5, 0.6) is 11.5 Å². The van der Waals surface area contributed by atoms with Crippen LogP contribution in [0.25, 0.3) is 20.9 Å². The number of hydrogen-bond acceptors (Lipinski definition) is 8. The number of urea groups is 1. The Hall–Kier alpha value is -4.55. The van der Waals surface area contributed by atoms with E-state index >= 15 is 0 Å². The Morgan fingerprint density at radius 3 is 1.97 bits per heavy atom. The molecule has 0 aliphatic rings. The van der Waals surface area contributed by atoms with Crippen LogP contribution in [0.1, 0.15) is 19.3 Å². The molecule has 2 heterocycles. The first kappa shape index (κ1) is 26.1. The minimum Gasteiger partial charge on any atom is -0.508 e. The van der Waals surface area contributed by atoms with Gasteiger partial charge in [-0.1, -0.05) is 24.3 Å². The van der Waals surface area contributed by atoms with Gasteiger partial charge in [0, 0.05) is 9.75 Å². The number of amides is 4. The summed E-state index contributed by atoms with van der Waals surface area (Å²) in [6.07, 6.45) is 0. The topological polar surface area (TPSA) is 197 Å². The van der Waals surface area contributed by atoms with Crippen molar-refractivity contribution in [2.45, 2.75) is 0 Å². The van der Waals surface area contributed by atoms with Crippen LogP contribution in [0.3, 0.4) is 0 Å². The van der Waals surface area contributed by atoms with Crippen LogP contribution in [0, 0.1) is 0 Å². The number of methoxy groups -OCH3 is 1. The number of anilines is 2. The second-order valence-electron chi connectivity index (χ2n) is 7.25. The molecule has 0 aliphatic carbocycles. The Morgan fingerprint density at radius 1 is 0.833 bits per heavy atom. The zero-order valence-corrected chi connectivity index (χ0v) is 20.6. The first-order chi connectivity index (χ1) is 17.1. The van der Waals surface area contributed by atoms with Crippen LogP contribution < -0.4 is 33.0 Å². The van der Waals surface area contributed by atoms with Crippen molar-refractivity contribution in [3.8, 4) is 32.4 Å². The second kappa shape index (κ2) is 11.3. The standard InChI is InChI=1S/C12H11N3O3S.C12H12N2O2S/c13-11(17)10-8(15-12(14)18)5-9(19-10)6-2-1-3-7(16)4-6;1-16-8-4-2-3-7(5-8)10-6-9(13)11(17-10)12(14)15/h1-5,16H,(H2,13,17)(H3,14,15,18);2-6H,13H2,1H3,(H2,14,15). The summed E-state index contributed by atoms with van der Waals surface area (Å²) in [7, 11) is 1.61. The normalized spacial score (nSPS) is 10.1. The van der Waals surface area contributed by atoms with Crippen LogP contribution in [0.15, 0.2) is 60.7 Å². The number of primary amides is 3. The Morgan fingerprint density at radius 2 is 1.42 bits per heavy atom. The molecule has 0 unspecified atom stereocenters. The van der Waals surface area contributed by atoms with Crippen LogP contribution >= 0.6 is 22.7 Å². The Kier molecular flexibility index (Phi) is 8.14. The summed E-state index contributed by atoms with van der Waals surface area (Å²) in [5, 5.41) is 11.8. The molecule has 0 saturated carbocycles. The van der Waals surface area contributed by atoms with Crippen LogP contribution in [0.4, 0.5) is 16.2 Å². The highest BCUT2D eigenvalue weighted by Gasteiger charge is 2.16. The monoisotopic (exact) mass is 525 g/mol. The highest BCUT2D eigenvalue weighted by atomic mass is 32.1. The van der Waals surface area contributed by atoms with Crippen molar-refractivity contribution in [2.24, 2.45) is 17.2 Å². The number of carbonyl (C=O) groups excluding carboxylic acids is 3. The highest BCUT2D eigenvalue weighted by Crippen LogP contribution is 2.36. The molecule has 4 amide bonds. The van der Waals surface area contributed by atoms with Gasteiger partial charge in [-0.3, -0.25) is 9.59 Å². The molecule has 4 rings (SSSR count). The molecular formula is C24H23N5O5S2. The van der Waals surface area contributed by atoms with Gasteiger partial charge in [0.1, 0.15) is 21.3 Å². The predicted molar refractivity (Wildman–Crippen MR) is 142 cm³/mol. The van der Waals surface area contributed by atoms with Crippen molar-refractivity contribution in [3.05, 3.63) is 70.4 Å². The van der Waals surface area contributed by atoms with Gasteiger partial charge in [0.15, 0.2) is 0 Å². The fourth-order valence-corrected chi connectivity index (χ4v) is 5.01. The molecule has 186 valence electrons. The van der Waals surface area contributed by atoms with Crippen molar-refractivity contribution < 1.29 is 24.2 Å². The molecule has 0 bridgehead atoms. The summed E-state index contributed by atoms with van der Waals surface area (Å²) >= 11 is 2.40. The Bertz CT molecular complexity index is 1430. The zero-order valence-electron chi connectivity index (χ0n) is 19.0. The zero-order chi connectivity index (χ0) is 26.4. The molecule has 0 spiro atoms. The summed E-state index contributed by atoms with van der Waals surface area (Å²) in [4.78, 5) is 35.5. The van der Waals surface area contributed by atoms with Gasteiger partial charge in [-0.2, -0.15) is 0 Å². The van der Waals surface area contributed by atoms with E-state index in [1.807, 2.05) is 24.3 Å². The largest absolute Gasteiger partial charge is 0.508 e. The average Bonchev–Trinajstić information content (AvgIpc) is 3.43. The van der Waals surface area contributed by atoms with E-state index in [9.17, 15) is 19.5 Å². The first-order valence-electron chi connectivity index (χ1n) is 10.2. The SMILES string of the molecule is COc1cccc(-c2cc(N)c(C(N)=O)s2)c1.NC(=O)Nc1cc(-c2cccc(O)c2)sc1C(N)=O. The van der Waals surface area contributed by atoms with Crippen LogP contribution in [0.2, 0.25) is 0 Å². The smallest absolute Gasteiger partial charge is 0.316 e. The number of rotatable bonds is 6. The number of nitrogen functional groups attached to an aromatic ring is 1. The number of phenols is 1. The van der Waals surface area contributed by atoms with E-state index < -0.39 is 17.8 Å². The van der Waals surface area contributed by atoms with E-state index in [-0.39, 0.29) is 16.3 Å². The average molecular weight is 526 g/mol. The molecule has 0 radical (unpaired) electrons. The number of hydrogen-bond donors (Lipinski definition) is 6. The summed E-state index contributed by atoms with van der Waals surface area (Å²) in [5.41, 5.74) is 23.6. The molecule has 2 aromatic heterocycles. The number of phenolic OH excluding ortho intramolecular Hbond substituents is 1. The number of carbonyl (C=O) groups is 3. The molecule has 0 atom stereocenters. The minimum absolute atomic E-state index is 0.107. The molecule has 2 aromatic carbocycles. The van der Waals surface area contributed by atoms with Gasteiger partial charge < -0.3 is 38.1 Å². The maximum atomic E-state index is 11.3. The van der Waals surface area contributed by atoms with Gasteiger partial charge in [-0.05, 0) is 47.5 Å². The molecule has 4 aromatic rings. The van der Waals surface area contributed by atoms with Crippen molar-refractivity contribution >= 4 is 51.9 Å². The number of thiophene rings is 2. The van der Waals surface area contributed by atoms with Crippen molar-refractivity contribution in [3.63, 3.8) is 0 Å². The van der Waals surface area contributed by atoms with E-state index in [1.165, 1.54) is 17.4 Å². The lowest BCUT2D eigenvalue weighted by Gasteiger charge is -2.01. The van der Waals surface area contributed by atoms with Crippen molar-refractivity contribution in [1.82, 2.24) is 0 Å². The summed E-state index contributed by atoms with van der Waals surface area (Å²) in [5.74, 6) is -0.284. The quantitative estimate of drug-likeness (QED) is 0.221. The lowest BCUT2D eigenvalue weighted by Crippen LogP contribution is -2.21. The van der Waals surface area contributed by atoms with Crippen molar-refractivity contribution in [1.29, 1.82) is 0 Å². The van der Waals surface area contributed by atoms with Crippen LogP contribution in [-0.4, -0.2) is 30.1 Å². The molecule has 0 fully saturated rings. The second-order valence-corrected chi connectivity index (χ2v) is 9.35. The maximum absolute atomic E-state index is 11.3.